The summed E-state index contributed by atoms with van der Waals surface area (Å²) in [6.07, 6.45) is 1.66. The van der Waals surface area contributed by atoms with Crippen LogP contribution in [0.5, 0.6) is 0 Å². The van der Waals surface area contributed by atoms with Crippen LogP contribution in [0.2, 0.25) is 0 Å². The van der Waals surface area contributed by atoms with Crippen LogP contribution in [0.4, 0.5) is 0 Å². The van der Waals surface area contributed by atoms with E-state index in [2.05, 4.69) is 17.2 Å². The van der Waals surface area contributed by atoms with Crippen LogP contribution < -0.4 is 5.32 Å². The number of pyridine rings is 1. The lowest BCUT2D eigenvalue weighted by molar-refractivity contribution is 0.0655. The first-order valence-electron chi connectivity index (χ1n) is 6.63. The molecule has 1 aromatic rings. The van der Waals surface area contributed by atoms with Gasteiger partial charge in [-0.2, -0.15) is 0 Å². The van der Waals surface area contributed by atoms with Crippen molar-refractivity contribution in [3.05, 3.63) is 29.6 Å². The SMILES string of the molecule is CC.Cc1ccc(C(=O)N2CCNCC2C)cn1. The lowest BCUT2D eigenvalue weighted by Crippen LogP contribution is -2.52. The molecule has 1 unspecified atom stereocenters. The van der Waals surface area contributed by atoms with Crippen molar-refractivity contribution in [2.24, 2.45) is 0 Å². The van der Waals surface area contributed by atoms with Crippen molar-refractivity contribution in [1.82, 2.24) is 15.2 Å². The number of amides is 1. The fourth-order valence-electron chi connectivity index (χ4n) is 1.90. The maximum absolute atomic E-state index is 12.2. The van der Waals surface area contributed by atoms with E-state index in [1.165, 1.54) is 0 Å². The molecule has 0 aliphatic carbocycles. The second-order valence-corrected chi connectivity index (χ2v) is 4.24. The first kappa shape index (κ1) is 14.6. The van der Waals surface area contributed by atoms with Gasteiger partial charge >= 0.3 is 0 Å². The van der Waals surface area contributed by atoms with E-state index in [-0.39, 0.29) is 11.9 Å². The van der Waals surface area contributed by atoms with Gasteiger partial charge in [0.15, 0.2) is 0 Å². The highest BCUT2D eigenvalue weighted by Crippen LogP contribution is 2.09. The Labute approximate surface area is 109 Å². The minimum absolute atomic E-state index is 0.0847. The molecular formula is C14H23N3O. The molecule has 4 nitrogen and oxygen atoms in total. The van der Waals surface area contributed by atoms with E-state index in [0.29, 0.717) is 5.56 Å². The highest BCUT2D eigenvalue weighted by atomic mass is 16.2. The number of carbonyl (C=O) groups excluding carboxylic acids is 1. The number of piperazine rings is 1. The third-order valence-corrected chi connectivity index (χ3v) is 2.92. The maximum atomic E-state index is 12.2. The Hall–Kier alpha value is -1.42. The predicted molar refractivity (Wildman–Crippen MR) is 73.7 cm³/mol. The van der Waals surface area contributed by atoms with Crippen LogP contribution in [0.3, 0.4) is 0 Å². The largest absolute Gasteiger partial charge is 0.333 e. The number of nitrogens with one attached hydrogen (secondary N) is 1. The second-order valence-electron chi connectivity index (χ2n) is 4.24. The molecule has 0 bridgehead atoms. The normalized spacial score (nSPS) is 18.9. The van der Waals surface area contributed by atoms with Gasteiger partial charge in [-0.3, -0.25) is 9.78 Å². The van der Waals surface area contributed by atoms with Crippen LogP contribution in [0, 0.1) is 6.92 Å². The summed E-state index contributed by atoms with van der Waals surface area (Å²) in [4.78, 5) is 18.2. The quantitative estimate of drug-likeness (QED) is 0.826. The molecule has 0 aromatic carbocycles. The topological polar surface area (TPSA) is 45.2 Å². The number of nitrogens with zero attached hydrogens (tertiary/aromatic N) is 2. The van der Waals surface area contributed by atoms with Gasteiger partial charge in [-0.15, -0.1) is 0 Å². The number of hydrogen-bond donors (Lipinski definition) is 1. The van der Waals surface area contributed by atoms with Crippen molar-refractivity contribution >= 4 is 5.91 Å². The lowest BCUT2D eigenvalue weighted by atomic mass is 10.1. The lowest BCUT2D eigenvalue weighted by Gasteiger charge is -2.33. The van der Waals surface area contributed by atoms with Crippen LogP contribution >= 0.6 is 0 Å². The Morgan fingerprint density at radius 3 is 2.72 bits per heavy atom. The van der Waals surface area contributed by atoms with Crippen molar-refractivity contribution < 1.29 is 4.79 Å². The molecule has 0 spiro atoms. The summed E-state index contributed by atoms with van der Waals surface area (Å²) in [7, 11) is 0. The van der Waals surface area contributed by atoms with E-state index in [4.69, 9.17) is 0 Å². The molecular weight excluding hydrogens is 226 g/mol. The number of carbonyl (C=O) groups is 1. The summed E-state index contributed by atoms with van der Waals surface area (Å²) in [5.74, 6) is 0.0847. The Kier molecular flexibility index (Phi) is 5.78. The third kappa shape index (κ3) is 3.53. The zero-order valence-electron chi connectivity index (χ0n) is 11.7. The molecule has 0 saturated carbocycles. The number of aryl methyl sites for hydroxylation is 1. The van der Waals surface area contributed by atoms with Crippen molar-refractivity contribution in [3.8, 4) is 0 Å². The predicted octanol–water partition coefficient (Wildman–Crippen LogP) is 1.85. The van der Waals surface area contributed by atoms with Crippen molar-refractivity contribution in [3.63, 3.8) is 0 Å². The molecule has 1 amide bonds. The average molecular weight is 249 g/mol. The van der Waals surface area contributed by atoms with Gasteiger partial charge in [-0.05, 0) is 26.0 Å². The van der Waals surface area contributed by atoms with Crippen LogP contribution in [0.15, 0.2) is 18.3 Å². The first-order valence-corrected chi connectivity index (χ1v) is 6.63. The number of aromatic nitrogens is 1. The van der Waals surface area contributed by atoms with Crippen LogP contribution in [0.25, 0.3) is 0 Å². The molecule has 1 fully saturated rings. The number of hydrogen-bond acceptors (Lipinski definition) is 3. The van der Waals surface area contributed by atoms with Gasteiger partial charge in [-0.1, -0.05) is 13.8 Å². The summed E-state index contributed by atoms with van der Waals surface area (Å²) < 4.78 is 0. The molecule has 1 N–H and O–H groups in total. The summed E-state index contributed by atoms with van der Waals surface area (Å²) in [6.45, 7) is 10.5. The van der Waals surface area contributed by atoms with E-state index in [9.17, 15) is 4.79 Å². The Balaban J connectivity index is 0.000000771. The molecule has 2 heterocycles. The standard InChI is InChI=1S/C12H17N3O.C2H6/c1-9-3-4-11(8-14-9)12(16)15-6-5-13-7-10(15)2;1-2/h3-4,8,10,13H,5-7H2,1-2H3;1-2H3. The maximum Gasteiger partial charge on any atom is 0.255 e. The third-order valence-electron chi connectivity index (χ3n) is 2.92. The minimum atomic E-state index is 0.0847. The van der Waals surface area contributed by atoms with Crippen LogP contribution in [-0.4, -0.2) is 41.5 Å². The molecule has 1 aliphatic heterocycles. The second kappa shape index (κ2) is 7.11. The Morgan fingerprint density at radius 2 is 2.17 bits per heavy atom. The van der Waals surface area contributed by atoms with Gasteiger partial charge in [-0.25, -0.2) is 0 Å². The minimum Gasteiger partial charge on any atom is -0.333 e. The summed E-state index contributed by atoms with van der Waals surface area (Å²) in [5, 5.41) is 3.27. The van der Waals surface area contributed by atoms with Gasteiger partial charge in [0, 0.05) is 37.6 Å². The summed E-state index contributed by atoms with van der Waals surface area (Å²) in [6, 6.07) is 3.97. The summed E-state index contributed by atoms with van der Waals surface area (Å²) in [5.41, 5.74) is 1.62. The van der Waals surface area contributed by atoms with E-state index < -0.39 is 0 Å². The molecule has 1 aromatic heterocycles. The average Bonchev–Trinajstić information content (AvgIpc) is 2.42. The van der Waals surface area contributed by atoms with E-state index >= 15 is 0 Å². The zero-order valence-corrected chi connectivity index (χ0v) is 11.7. The molecule has 0 radical (unpaired) electrons. The fourth-order valence-corrected chi connectivity index (χ4v) is 1.90. The fraction of sp³-hybridized carbons (Fsp3) is 0.571. The molecule has 2 rings (SSSR count). The van der Waals surface area contributed by atoms with Gasteiger partial charge < -0.3 is 10.2 Å². The highest BCUT2D eigenvalue weighted by molar-refractivity contribution is 5.94. The molecule has 100 valence electrons. The Morgan fingerprint density at radius 1 is 1.44 bits per heavy atom. The van der Waals surface area contributed by atoms with Crippen molar-refractivity contribution in [2.75, 3.05) is 19.6 Å². The van der Waals surface area contributed by atoms with Gasteiger partial charge in [0.1, 0.15) is 0 Å². The van der Waals surface area contributed by atoms with Crippen molar-refractivity contribution in [1.29, 1.82) is 0 Å². The molecule has 1 saturated heterocycles. The monoisotopic (exact) mass is 249 g/mol. The van der Waals surface area contributed by atoms with Crippen LogP contribution in [0.1, 0.15) is 36.8 Å². The molecule has 1 atom stereocenters. The molecule has 4 heteroatoms. The number of rotatable bonds is 1. The summed E-state index contributed by atoms with van der Waals surface area (Å²) >= 11 is 0. The van der Waals surface area contributed by atoms with Gasteiger partial charge in [0.05, 0.1) is 5.56 Å². The highest BCUT2D eigenvalue weighted by Gasteiger charge is 2.23. The first-order chi connectivity index (χ1) is 8.68. The van der Waals surface area contributed by atoms with E-state index in [0.717, 1.165) is 25.3 Å². The van der Waals surface area contributed by atoms with E-state index in [1.807, 2.05) is 37.8 Å². The van der Waals surface area contributed by atoms with Crippen molar-refractivity contribution in [2.45, 2.75) is 33.7 Å². The zero-order chi connectivity index (χ0) is 13.5. The van der Waals surface area contributed by atoms with Crippen LogP contribution in [-0.2, 0) is 0 Å². The van der Waals surface area contributed by atoms with Gasteiger partial charge in [0.2, 0.25) is 0 Å². The molecule has 1 aliphatic rings. The Bertz CT molecular complexity index is 375. The van der Waals surface area contributed by atoms with E-state index in [1.54, 1.807) is 6.20 Å². The molecule has 18 heavy (non-hydrogen) atoms. The smallest absolute Gasteiger partial charge is 0.255 e. The van der Waals surface area contributed by atoms with Gasteiger partial charge in [0.25, 0.3) is 5.91 Å².